The maximum atomic E-state index is 11.2. The molecule has 2 atom stereocenters. The van der Waals surface area contributed by atoms with Crippen LogP contribution in [0, 0.1) is 5.92 Å². The van der Waals surface area contributed by atoms with E-state index < -0.39 is 17.5 Å². The van der Waals surface area contributed by atoms with Gasteiger partial charge in [0.2, 0.25) is 0 Å². The summed E-state index contributed by atoms with van der Waals surface area (Å²) in [7, 11) is 5.81. The number of carbonyl (C=O) groups is 2. The highest BCUT2D eigenvalue weighted by Gasteiger charge is 2.40. The summed E-state index contributed by atoms with van der Waals surface area (Å²) < 4.78 is 5.29. The van der Waals surface area contributed by atoms with Crippen LogP contribution in [0.1, 0.15) is 31.2 Å². The molecule has 0 aromatic heterocycles. The van der Waals surface area contributed by atoms with Gasteiger partial charge in [-0.05, 0) is 44.6 Å². The number of nitrogens with zero attached hydrogens (tertiary/aromatic N) is 1. The molecule has 1 aromatic carbocycles. The first-order chi connectivity index (χ1) is 12.7. The predicted molar refractivity (Wildman–Crippen MR) is 102 cm³/mol. The molecule has 3 N–H and O–H groups in total. The largest absolute Gasteiger partial charge is 0.497 e. The SMILES string of the molecule is COc1cccc([C@@]2(O)CCCC[C@@H]2CN(C)C)c1.O=C(O)/C=C/C(=O)O. The Morgan fingerprint density at radius 3 is 2.37 bits per heavy atom. The third-order valence-corrected chi connectivity index (χ3v) is 4.56. The summed E-state index contributed by atoms with van der Waals surface area (Å²) in [5, 5.41) is 26.8. The summed E-state index contributed by atoms with van der Waals surface area (Å²) in [6.45, 7) is 0.924. The zero-order valence-electron chi connectivity index (χ0n) is 16.1. The van der Waals surface area contributed by atoms with E-state index in [1.165, 1.54) is 6.42 Å². The van der Waals surface area contributed by atoms with Gasteiger partial charge in [-0.2, -0.15) is 0 Å². The number of hydrogen-bond donors (Lipinski definition) is 3. The number of benzene rings is 1. The summed E-state index contributed by atoms with van der Waals surface area (Å²) >= 11 is 0. The minimum Gasteiger partial charge on any atom is -0.497 e. The van der Waals surface area contributed by atoms with Gasteiger partial charge in [-0.1, -0.05) is 25.0 Å². The second kappa shape index (κ2) is 10.7. The van der Waals surface area contributed by atoms with Crippen LogP contribution in [0.25, 0.3) is 0 Å². The van der Waals surface area contributed by atoms with Gasteiger partial charge in [0, 0.05) is 24.6 Å². The molecule has 7 heteroatoms. The van der Waals surface area contributed by atoms with Crippen molar-refractivity contribution in [1.82, 2.24) is 4.90 Å². The summed E-state index contributed by atoms with van der Waals surface area (Å²) in [5.74, 6) is -1.40. The number of rotatable bonds is 6. The molecule has 1 aromatic rings. The number of carboxylic acid groups (broad SMARTS) is 2. The monoisotopic (exact) mass is 379 g/mol. The number of aliphatic hydroxyl groups is 1. The van der Waals surface area contributed by atoms with Crippen LogP contribution in [0.4, 0.5) is 0 Å². The van der Waals surface area contributed by atoms with Crippen molar-refractivity contribution in [2.45, 2.75) is 31.3 Å². The van der Waals surface area contributed by atoms with Gasteiger partial charge in [0.1, 0.15) is 5.75 Å². The van der Waals surface area contributed by atoms with Crippen molar-refractivity contribution >= 4 is 11.9 Å². The summed E-state index contributed by atoms with van der Waals surface area (Å²) in [6, 6.07) is 7.90. The fourth-order valence-electron chi connectivity index (χ4n) is 3.33. The maximum absolute atomic E-state index is 11.2. The van der Waals surface area contributed by atoms with Gasteiger partial charge in [-0.15, -0.1) is 0 Å². The quantitative estimate of drug-likeness (QED) is 0.651. The lowest BCUT2D eigenvalue weighted by Crippen LogP contribution is -2.43. The molecule has 0 unspecified atom stereocenters. The van der Waals surface area contributed by atoms with Crippen LogP contribution in [-0.4, -0.2) is 59.9 Å². The second-order valence-electron chi connectivity index (χ2n) is 6.87. The molecule has 27 heavy (non-hydrogen) atoms. The fourth-order valence-corrected chi connectivity index (χ4v) is 3.33. The Labute approximate surface area is 159 Å². The fraction of sp³-hybridized carbons (Fsp3) is 0.500. The molecular formula is C20H29NO6. The molecule has 150 valence electrons. The molecule has 7 nitrogen and oxygen atoms in total. The van der Waals surface area contributed by atoms with Crippen molar-refractivity contribution in [3.05, 3.63) is 42.0 Å². The van der Waals surface area contributed by atoms with E-state index in [0.29, 0.717) is 18.1 Å². The van der Waals surface area contributed by atoms with Gasteiger partial charge in [-0.25, -0.2) is 9.59 Å². The van der Waals surface area contributed by atoms with E-state index in [4.69, 9.17) is 14.9 Å². The first kappa shape index (κ1) is 22.7. The minimum absolute atomic E-state index is 0.295. The number of aliphatic carboxylic acids is 2. The van der Waals surface area contributed by atoms with Gasteiger partial charge in [0.25, 0.3) is 0 Å². The molecule has 1 aliphatic rings. The Kier molecular flexibility index (Phi) is 8.97. The molecule has 0 aliphatic heterocycles. The lowest BCUT2D eigenvalue weighted by atomic mass is 9.71. The Bertz CT molecular complexity index is 642. The van der Waals surface area contributed by atoms with Crippen molar-refractivity contribution in [3.63, 3.8) is 0 Å². The van der Waals surface area contributed by atoms with Crippen molar-refractivity contribution in [2.24, 2.45) is 5.92 Å². The average Bonchev–Trinajstić information content (AvgIpc) is 2.62. The van der Waals surface area contributed by atoms with Crippen molar-refractivity contribution in [1.29, 1.82) is 0 Å². The highest BCUT2D eigenvalue weighted by molar-refractivity contribution is 5.89. The van der Waals surface area contributed by atoms with Crippen LogP contribution >= 0.6 is 0 Å². The molecule has 0 radical (unpaired) electrons. The molecule has 0 spiro atoms. The van der Waals surface area contributed by atoms with Crippen LogP contribution in [0.15, 0.2) is 36.4 Å². The number of carboxylic acids is 2. The highest BCUT2D eigenvalue weighted by atomic mass is 16.5. The van der Waals surface area contributed by atoms with E-state index >= 15 is 0 Å². The van der Waals surface area contributed by atoms with Crippen molar-refractivity contribution in [2.75, 3.05) is 27.7 Å². The number of ether oxygens (including phenoxy) is 1. The molecular weight excluding hydrogens is 350 g/mol. The van der Waals surface area contributed by atoms with E-state index in [1.54, 1.807) is 7.11 Å². The Balaban J connectivity index is 0.000000387. The average molecular weight is 379 g/mol. The van der Waals surface area contributed by atoms with E-state index in [0.717, 1.165) is 37.1 Å². The molecule has 1 aliphatic carbocycles. The standard InChI is InChI=1S/C16H25NO2.C4H4O4/c1-17(2)12-14-7-4-5-10-16(14,18)13-8-6-9-15(11-13)19-3;5-3(6)1-2-4(7)8/h6,8-9,11,14,18H,4-5,7,10,12H2,1-3H3;1-2H,(H,5,6)(H,7,8)/b;2-1+/t14-,16+;/m1./s1. The molecule has 0 saturated heterocycles. The van der Waals surface area contributed by atoms with E-state index in [-0.39, 0.29) is 0 Å². The Morgan fingerprint density at radius 1 is 1.22 bits per heavy atom. The van der Waals surface area contributed by atoms with Gasteiger partial charge >= 0.3 is 11.9 Å². The first-order valence-corrected chi connectivity index (χ1v) is 8.84. The van der Waals surface area contributed by atoms with Crippen molar-refractivity contribution in [3.8, 4) is 5.75 Å². The number of hydrogen-bond acceptors (Lipinski definition) is 5. The predicted octanol–water partition coefficient (Wildman–Crippen LogP) is 2.35. The smallest absolute Gasteiger partial charge is 0.328 e. The third kappa shape index (κ3) is 7.40. The first-order valence-electron chi connectivity index (χ1n) is 8.84. The van der Waals surface area contributed by atoms with Crippen LogP contribution < -0.4 is 4.74 Å². The molecule has 0 heterocycles. The minimum atomic E-state index is -1.26. The summed E-state index contributed by atoms with van der Waals surface area (Å²) in [5.41, 5.74) is 0.287. The normalized spacial score (nSPS) is 22.2. The number of methoxy groups -OCH3 is 1. The molecule has 1 fully saturated rings. The lowest BCUT2D eigenvalue weighted by Gasteiger charge is -2.41. The summed E-state index contributed by atoms with van der Waals surface area (Å²) in [4.78, 5) is 21.3. The molecule has 0 bridgehead atoms. The van der Waals surface area contributed by atoms with Gasteiger partial charge < -0.3 is 25.0 Å². The van der Waals surface area contributed by atoms with Crippen LogP contribution in [0.3, 0.4) is 0 Å². The van der Waals surface area contributed by atoms with E-state index in [2.05, 4.69) is 19.0 Å². The lowest BCUT2D eigenvalue weighted by molar-refractivity contribution is -0.134. The van der Waals surface area contributed by atoms with Gasteiger partial charge in [0.15, 0.2) is 0 Å². The zero-order chi connectivity index (χ0) is 20.4. The highest BCUT2D eigenvalue weighted by Crippen LogP contribution is 2.42. The second-order valence-corrected chi connectivity index (χ2v) is 6.87. The van der Waals surface area contributed by atoms with Crippen LogP contribution in [0.5, 0.6) is 5.75 Å². The molecule has 1 saturated carbocycles. The molecule has 0 amide bonds. The van der Waals surface area contributed by atoms with Crippen LogP contribution in [-0.2, 0) is 15.2 Å². The molecule has 2 rings (SSSR count). The maximum Gasteiger partial charge on any atom is 0.328 e. The Morgan fingerprint density at radius 2 is 1.85 bits per heavy atom. The van der Waals surface area contributed by atoms with Crippen LogP contribution in [0.2, 0.25) is 0 Å². The van der Waals surface area contributed by atoms with E-state index in [1.807, 2.05) is 24.3 Å². The van der Waals surface area contributed by atoms with E-state index in [9.17, 15) is 14.7 Å². The topological polar surface area (TPSA) is 107 Å². The zero-order valence-corrected chi connectivity index (χ0v) is 16.1. The third-order valence-electron chi connectivity index (χ3n) is 4.56. The van der Waals surface area contributed by atoms with Crippen molar-refractivity contribution < 1.29 is 29.6 Å². The Hall–Kier alpha value is -2.38. The van der Waals surface area contributed by atoms with Gasteiger partial charge in [0.05, 0.1) is 12.7 Å². The van der Waals surface area contributed by atoms with Gasteiger partial charge in [-0.3, -0.25) is 0 Å². The summed E-state index contributed by atoms with van der Waals surface area (Å²) in [6.07, 6.45) is 5.36.